The third kappa shape index (κ3) is 4.26. The van der Waals surface area contributed by atoms with Crippen molar-refractivity contribution in [2.24, 2.45) is 5.73 Å². The molecular weight excluding hydrogens is 414 g/mol. The van der Waals surface area contributed by atoms with Crippen molar-refractivity contribution >= 4 is 21.4 Å². The minimum atomic E-state index is -3.48. The van der Waals surface area contributed by atoms with Crippen LogP contribution in [-0.4, -0.2) is 45.2 Å². The molecule has 0 fully saturated rings. The molecule has 3 heterocycles. The van der Waals surface area contributed by atoms with Crippen molar-refractivity contribution in [1.82, 2.24) is 24.0 Å². The Hall–Kier alpha value is -2.64. The molecule has 0 spiro atoms. The molecule has 13 heteroatoms. The molecule has 0 atom stereocenters. The summed E-state index contributed by atoms with van der Waals surface area (Å²) in [7, 11) is -3.48. The number of halogens is 2. The normalized spacial score (nSPS) is 11.7. The van der Waals surface area contributed by atoms with Gasteiger partial charge in [-0.2, -0.15) is 23.1 Å². The Morgan fingerprint density at radius 1 is 1.36 bits per heavy atom. The molecule has 3 N–H and O–H groups in total. The first kappa shape index (κ1) is 20.1. The molecule has 150 valence electrons. The lowest BCUT2D eigenvalue weighted by atomic mass is 10.2. The van der Waals surface area contributed by atoms with E-state index in [2.05, 4.69) is 15.3 Å². The molecule has 0 radical (unpaired) electrons. The number of H-pyrrole nitrogens is 1. The van der Waals surface area contributed by atoms with Gasteiger partial charge in [0.1, 0.15) is 5.82 Å². The average molecular weight is 430 g/mol. The van der Waals surface area contributed by atoms with Gasteiger partial charge in [-0.1, -0.05) is 0 Å². The smallest absolute Gasteiger partial charge is 0.327 e. The van der Waals surface area contributed by atoms with Crippen LogP contribution in [0.5, 0.6) is 0 Å². The summed E-state index contributed by atoms with van der Waals surface area (Å²) in [6, 6.07) is 3.53. The zero-order chi connectivity index (χ0) is 20.5. The standard InChI is InChI=1S/C15H16F2N6O3S2/c1-28(25,26)23-7-10(6-19-23)12-3-2-11(27-12)8-22-13(20-21-15(22)24)4-9(5-18)14(16)17/h2-3,6-7H,4-5,8,18H2,1H3,(H,21,24). The van der Waals surface area contributed by atoms with Gasteiger partial charge in [-0.05, 0) is 12.1 Å². The Morgan fingerprint density at radius 2 is 2.11 bits per heavy atom. The Labute approximate surface area is 162 Å². The van der Waals surface area contributed by atoms with Crippen molar-refractivity contribution in [1.29, 1.82) is 0 Å². The molecule has 0 bridgehead atoms. The average Bonchev–Trinajstić information content (AvgIpc) is 3.34. The summed E-state index contributed by atoms with van der Waals surface area (Å²) < 4.78 is 50.9. The number of nitrogens with two attached hydrogens (primary N) is 1. The maximum Gasteiger partial charge on any atom is 0.343 e. The SMILES string of the molecule is CS(=O)(=O)n1cc(-c2ccc(Cn3c(CC(CN)=C(F)F)n[nH]c3=O)s2)cn1. The van der Waals surface area contributed by atoms with Gasteiger partial charge in [0.15, 0.2) is 0 Å². The molecule has 28 heavy (non-hydrogen) atoms. The maximum absolute atomic E-state index is 12.9. The Balaban J connectivity index is 1.85. The fourth-order valence-corrected chi connectivity index (χ4v) is 3.94. The van der Waals surface area contributed by atoms with E-state index in [1.165, 1.54) is 28.3 Å². The number of rotatable bonds is 7. The lowest BCUT2D eigenvalue weighted by Crippen LogP contribution is -2.20. The van der Waals surface area contributed by atoms with Crippen LogP contribution < -0.4 is 11.4 Å². The predicted molar refractivity (Wildman–Crippen MR) is 99.7 cm³/mol. The molecule has 0 aliphatic rings. The van der Waals surface area contributed by atoms with E-state index in [4.69, 9.17) is 5.73 Å². The number of thiophene rings is 1. The Kier molecular flexibility index (Phi) is 5.58. The van der Waals surface area contributed by atoms with Crippen molar-refractivity contribution < 1.29 is 17.2 Å². The van der Waals surface area contributed by atoms with E-state index < -0.39 is 21.8 Å². The fourth-order valence-electron chi connectivity index (χ4n) is 2.44. The number of aromatic nitrogens is 5. The van der Waals surface area contributed by atoms with Crippen LogP contribution in [0, 0.1) is 0 Å². The molecule has 0 aromatic carbocycles. The van der Waals surface area contributed by atoms with E-state index in [-0.39, 0.29) is 30.9 Å². The van der Waals surface area contributed by atoms with Gasteiger partial charge < -0.3 is 5.73 Å². The molecule has 3 aromatic heterocycles. The Bertz CT molecular complexity index is 1180. The predicted octanol–water partition coefficient (Wildman–Crippen LogP) is 1.00. The number of nitrogens with one attached hydrogen (secondary N) is 1. The number of hydrogen-bond acceptors (Lipinski definition) is 7. The van der Waals surface area contributed by atoms with Crippen LogP contribution in [0.4, 0.5) is 8.78 Å². The van der Waals surface area contributed by atoms with Crippen LogP contribution in [0.15, 0.2) is 41.0 Å². The summed E-state index contributed by atoms with van der Waals surface area (Å²) in [4.78, 5) is 13.5. The zero-order valence-corrected chi connectivity index (χ0v) is 16.2. The highest BCUT2D eigenvalue weighted by molar-refractivity contribution is 7.89. The number of nitrogens with zero attached hydrogens (tertiary/aromatic N) is 4. The molecule has 3 aromatic rings. The molecule has 0 unspecified atom stereocenters. The van der Waals surface area contributed by atoms with Gasteiger partial charge >= 0.3 is 5.69 Å². The van der Waals surface area contributed by atoms with Gasteiger partial charge in [0.2, 0.25) is 0 Å². The van der Waals surface area contributed by atoms with Gasteiger partial charge in [0, 0.05) is 33.9 Å². The minimum Gasteiger partial charge on any atom is -0.327 e. The summed E-state index contributed by atoms with van der Waals surface area (Å²) >= 11 is 1.32. The van der Waals surface area contributed by atoms with Gasteiger partial charge in [0.25, 0.3) is 16.1 Å². The zero-order valence-electron chi connectivity index (χ0n) is 14.6. The van der Waals surface area contributed by atoms with Crippen LogP contribution in [0.3, 0.4) is 0 Å². The summed E-state index contributed by atoms with van der Waals surface area (Å²) in [5.41, 5.74) is 5.11. The molecule has 0 saturated carbocycles. The maximum atomic E-state index is 12.9. The second kappa shape index (κ2) is 7.77. The second-order valence-electron chi connectivity index (χ2n) is 5.91. The molecule has 0 amide bonds. The van der Waals surface area contributed by atoms with Crippen molar-refractivity contribution in [3.05, 3.63) is 57.4 Å². The third-order valence-electron chi connectivity index (χ3n) is 3.88. The van der Waals surface area contributed by atoms with E-state index in [1.807, 2.05) is 0 Å². The largest absolute Gasteiger partial charge is 0.343 e. The van der Waals surface area contributed by atoms with Crippen molar-refractivity contribution in [3.63, 3.8) is 0 Å². The van der Waals surface area contributed by atoms with E-state index in [0.29, 0.717) is 5.56 Å². The topological polar surface area (TPSA) is 129 Å². The van der Waals surface area contributed by atoms with Crippen LogP contribution in [-0.2, 0) is 23.0 Å². The first-order valence-corrected chi connectivity index (χ1v) is 10.6. The first-order chi connectivity index (χ1) is 13.2. The summed E-state index contributed by atoms with van der Waals surface area (Å²) in [6.45, 7) is -0.210. The molecule has 0 aliphatic heterocycles. The molecule has 0 aliphatic carbocycles. The van der Waals surface area contributed by atoms with Gasteiger partial charge in [-0.25, -0.2) is 18.3 Å². The van der Waals surface area contributed by atoms with Crippen LogP contribution in [0.25, 0.3) is 10.4 Å². The van der Waals surface area contributed by atoms with Gasteiger partial charge in [0.05, 0.1) is 25.2 Å². The monoisotopic (exact) mass is 430 g/mol. The quantitative estimate of drug-likeness (QED) is 0.576. The Morgan fingerprint density at radius 3 is 2.71 bits per heavy atom. The highest BCUT2D eigenvalue weighted by Crippen LogP contribution is 2.28. The summed E-state index contributed by atoms with van der Waals surface area (Å²) in [6.07, 6.45) is 1.74. The molecule has 9 nitrogen and oxygen atoms in total. The van der Waals surface area contributed by atoms with E-state index in [9.17, 15) is 22.0 Å². The van der Waals surface area contributed by atoms with Gasteiger partial charge in [-0.3, -0.25) is 4.57 Å². The van der Waals surface area contributed by atoms with E-state index in [1.54, 1.807) is 12.1 Å². The van der Waals surface area contributed by atoms with E-state index in [0.717, 1.165) is 20.1 Å². The van der Waals surface area contributed by atoms with Crippen LogP contribution >= 0.6 is 11.3 Å². The van der Waals surface area contributed by atoms with Crippen molar-refractivity contribution in [2.45, 2.75) is 13.0 Å². The highest BCUT2D eigenvalue weighted by Gasteiger charge is 2.15. The minimum absolute atomic E-state index is 0.126. The van der Waals surface area contributed by atoms with Crippen LogP contribution in [0.2, 0.25) is 0 Å². The lowest BCUT2D eigenvalue weighted by Gasteiger charge is -2.05. The second-order valence-corrected chi connectivity index (χ2v) is 8.92. The molecule has 3 rings (SSSR count). The summed E-state index contributed by atoms with van der Waals surface area (Å²) in [5.74, 6) is 0.151. The fraction of sp³-hybridized carbons (Fsp3) is 0.267. The third-order valence-corrected chi connectivity index (χ3v) is 5.88. The lowest BCUT2D eigenvalue weighted by molar-refractivity contribution is 0.407. The highest BCUT2D eigenvalue weighted by atomic mass is 32.2. The number of hydrogen-bond donors (Lipinski definition) is 2. The van der Waals surface area contributed by atoms with Crippen molar-refractivity contribution in [2.75, 3.05) is 12.8 Å². The van der Waals surface area contributed by atoms with Gasteiger partial charge in [-0.15, -0.1) is 11.3 Å². The van der Waals surface area contributed by atoms with E-state index >= 15 is 0 Å². The van der Waals surface area contributed by atoms with Crippen molar-refractivity contribution in [3.8, 4) is 10.4 Å². The first-order valence-electron chi connectivity index (χ1n) is 7.90. The molecular formula is C15H16F2N6O3S2. The van der Waals surface area contributed by atoms with Crippen LogP contribution in [0.1, 0.15) is 10.7 Å². The summed E-state index contributed by atoms with van der Waals surface area (Å²) in [5, 5.41) is 9.88. The molecule has 0 saturated heterocycles. The number of aromatic amines is 1.